The molecule has 0 radical (unpaired) electrons. The summed E-state index contributed by atoms with van der Waals surface area (Å²) in [5.74, 6) is 0. The summed E-state index contributed by atoms with van der Waals surface area (Å²) < 4.78 is 0. The summed E-state index contributed by atoms with van der Waals surface area (Å²) in [6.07, 6.45) is 5.86. The van der Waals surface area contributed by atoms with E-state index >= 15 is 0 Å². The van der Waals surface area contributed by atoms with Crippen molar-refractivity contribution in [3.05, 3.63) is 48.3 Å². The van der Waals surface area contributed by atoms with Gasteiger partial charge < -0.3 is 5.32 Å². The monoisotopic (exact) mass is 276 g/mol. The van der Waals surface area contributed by atoms with Crippen LogP contribution in [0.2, 0.25) is 0 Å². The Balaban J connectivity index is 2.17. The van der Waals surface area contributed by atoms with Crippen molar-refractivity contribution in [3.63, 3.8) is 0 Å². The minimum Gasteiger partial charge on any atom is -0.316 e. The molecule has 0 aliphatic heterocycles. The third kappa shape index (κ3) is 3.51. The molecule has 2 nitrogen and oxygen atoms in total. The number of aromatic nitrogens is 1. The van der Waals surface area contributed by atoms with E-state index in [4.69, 9.17) is 0 Å². The highest BCUT2D eigenvalue weighted by molar-refractivity contribution is 7.99. The lowest BCUT2D eigenvalue weighted by Gasteiger charge is -2.08. The van der Waals surface area contributed by atoms with Crippen molar-refractivity contribution in [2.75, 3.05) is 13.3 Å². The second kappa shape index (κ2) is 6.83. The van der Waals surface area contributed by atoms with Crippen LogP contribution in [-0.2, 0) is 6.54 Å². The molecule has 0 aliphatic rings. The Bertz CT molecular complexity index is 497. The van der Waals surface area contributed by atoms with Gasteiger partial charge in [0.05, 0.1) is 0 Å². The molecule has 1 aromatic heterocycles. The van der Waals surface area contributed by atoms with Crippen molar-refractivity contribution < 1.29 is 0 Å². The lowest BCUT2D eigenvalue weighted by atomic mass is 10.3. The maximum absolute atomic E-state index is 4.18. The van der Waals surface area contributed by atoms with Gasteiger partial charge in [0.25, 0.3) is 0 Å². The number of pyridine rings is 1. The van der Waals surface area contributed by atoms with Crippen LogP contribution < -0.4 is 5.32 Å². The second-order valence-electron chi connectivity index (χ2n) is 3.79. The zero-order chi connectivity index (χ0) is 12.8. The molecule has 0 saturated heterocycles. The molecule has 4 heteroatoms. The lowest BCUT2D eigenvalue weighted by molar-refractivity contribution is 0.797. The van der Waals surface area contributed by atoms with Crippen molar-refractivity contribution in [2.24, 2.45) is 0 Å². The fourth-order valence-corrected chi connectivity index (χ4v) is 2.93. The number of nitrogens with one attached hydrogen (secondary N) is 1. The first-order valence-electron chi connectivity index (χ1n) is 5.73. The molecular weight excluding hydrogens is 260 g/mol. The molecule has 0 atom stereocenters. The normalized spacial score (nSPS) is 10.6. The summed E-state index contributed by atoms with van der Waals surface area (Å²) in [5, 5.41) is 3.17. The van der Waals surface area contributed by atoms with E-state index in [1.807, 2.05) is 19.4 Å². The quantitative estimate of drug-likeness (QED) is 0.842. The molecule has 94 valence electrons. The average molecular weight is 276 g/mol. The van der Waals surface area contributed by atoms with Crippen molar-refractivity contribution in [2.45, 2.75) is 21.2 Å². The summed E-state index contributed by atoms with van der Waals surface area (Å²) in [5.41, 5.74) is 1.24. The molecule has 0 amide bonds. The van der Waals surface area contributed by atoms with Crippen molar-refractivity contribution in [1.29, 1.82) is 0 Å². The van der Waals surface area contributed by atoms with Gasteiger partial charge in [-0.05, 0) is 49.2 Å². The standard InChI is InChI=1S/C14H16N2S2/c1-15-9-11-10-16-8-7-14(11)18-13-5-3-12(17-2)4-6-13/h3-8,10,15H,9H2,1-2H3. The van der Waals surface area contributed by atoms with E-state index < -0.39 is 0 Å². The summed E-state index contributed by atoms with van der Waals surface area (Å²) in [6, 6.07) is 10.7. The first kappa shape index (κ1) is 13.5. The molecule has 0 aliphatic carbocycles. The van der Waals surface area contributed by atoms with Crippen LogP contribution >= 0.6 is 23.5 Å². The Hall–Kier alpha value is -0.970. The number of benzene rings is 1. The third-order valence-electron chi connectivity index (χ3n) is 2.51. The fraction of sp³-hybridized carbons (Fsp3) is 0.214. The molecule has 2 aromatic rings. The minimum absolute atomic E-state index is 0.846. The zero-order valence-electron chi connectivity index (χ0n) is 10.5. The molecule has 18 heavy (non-hydrogen) atoms. The molecule has 1 N–H and O–H groups in total. The number of rotatable bonds is 5. The summed E-state index contributed by atoms with van der Waals surface area (Å²) in [6.45, 7) is 0.846. The highest BCUT2D eigenvalue weighted by Gasteiger charge is 2.03. The van der Waals surface area contributed by atoms with Gasteiger partial charge in [0, 0.05) is 33.6 Å². The summed E-state index contributed by atoms with van der Waals surface area (Å²) in [7, 11) is 1.95. The van der Waals surface area contributed by atoms with Crippen LogP contribution in [0.1, 0.15) is 5.56 Å². The molecule has 0 spiro atoms. The van der Waals surface area contributed by atoms with Gasteiger partial charge in [-0.3, -0.25) is 4.98 Å². The molecule has 0 bridgehead atoms. The van der Waals surface area contributed by atoms with E-state index in [0.717, 1.165) is 6.54 Å². The summed E-state index contributed by atoms with van der Waals surface area (Å²) >= 11 is 3.55. The molecular formula is C14H16N2S2. The van der Waals surface area contributed by atoms with E-state index in [9.17, 15) is 0 Å². The molecule has 0 unspecified atom stereocenters. The van der Waals surface area contributed by atoms with Gasteiger partial charge in [0.1, 0.15) is 0 Å². The van der Waals surface area contributed by atoms with Gasteiger partial charge in [-0.2, -0.15) is 0 Å². The number of hydrogen-bond acceptors (Lipinski definition) is 4. The van der Waals surface area contributed by atoms with Crippen LogP contribution in [0.5, 0.6) is 0 Å². The van der Waals surface area contributed by atoms with E-state index in [-0.39, 0.29) is 0 Å². The molecule has 0 fully saturated rings. The van der Waals surface area contributed by atoms with Gasteiger partial charge in [-0.15, -0.1) is 11.8 Å². The number of hydrogen-bond donors (Lipinski definition) is 1. The highest BCUT2D eigenvalue weighted by Crippen LogP contribution is 2.31. The smallest absolute Gasteiger partial charge is 0.0324 e. The molecule has 1 aromatic carbocycles. The fourth-order valence-electron chi connectivity index (χ4n) is 1.61. The van der Waals surface area contributed by atoms with Crippen molar-refractivity contribution in [1.82, 2.24) is 10.3 Å². The molecule has 2 rings (SSSR count). The van der Waals surface area contributed by atoms with Gasteiger partial charge in [-0.1, -0.05) is 11.8 Å². The van der Waals surface area contributed by atoms with Crippen LogP contribution in [0.15, 0.2) is 57.4 Å². The topological polar surface area (TPSA) is 24.9 Å². The van der Waals surface area contributed by atoms with Crippen LogP contribution in [-0.4, -0.2) is 18.3 Å². The van der Waals surface area contributed by atoms with E-state index in [0.29, 0.717) is 0 Å². The second-order valence-corrected chi connectivity index (χ2v) is 5.79. The Labute approximate surface area is 117 Å². The van der Waals surface area contributed by atoms with Gasteiger partial charge in [0.2, 0.25) is 0 Å². The van der Waals surface area contributed by atoms with Crippen LogP contribution in [0.3, 0.4) is 0 Å². The van der Waals surface area contributed by atoms with Crippen LogP contribution in [0, 0.1) is 0 Å². The largest absolute Gasteiger partial charge is 0.316 e. The average Bonchev–Trinajstić information content (AvgIpc) is 2.42. The van der Waals surface area contributed by atoms with Gasteiger partial charge in [0.15, 0.2) is 0 Å². The molecule has 0 saturated carbocycles. The number of thioether (sulfide) groups is 1. The highest BCUT2D eigenvalue weighted by atomic mass is 32.2. The van der Waals surface area contributed by atoms with Gasteiger partial charge >= 0.3 is 0 Å². The Morgan fingerprint density at radius 3 is 2.50 bits per heavy atom. The molecule has 1 heterocycles. The van der Waals surface area contributed by atoms with Crippen LogP contribution in [0.25, 0.3) is 0 Å². The Kier molecular flexibility index (Phi) is 5.11. The maximum atomic E-state index is 4.18. The SMILES string of the molecule is CNCc1cnccc1Sc1ccc(SC)cc1. The van der Waals surface area contributed by atoms with Crippen LogP contribution in [0.4, 0.5) is 0 Å². The van der Waals surface area contributed by atoms with E-state index in [2.05, 4.69) is 46.9 Å². The van der Waals surface area contributed by atoms with Crippen molar-refractivity contribution >= 4 is 23.5 Å². The predicted octanol–water partition coefficient (Wildman–Crippen LogP) is 3.67. The lowest BCUT2D eigenvalue weighted by Crippen LogP contribution is -2.06. The Morgan fingerprint density at radius 1 is 1.11 bits per heavy atom. The summed E-state index contributed by atoms with van der Waals surface area (Å²) in [4.78, 5) is 7.99. The van der Waals surface area contributed by atoms with E-state index in [1.165, 1.54) is 20.2 Å². The van der Waals surface area contributed by atoms with E-state index in [1.54, 1.807) is 23.5 Å². The first-order chi connectivity index (χ1) is 8.83. The minimum atomic E-state index is 0.846. The number of nitrogens with zero attached hydrogens (tertiary/aromatic N) is 1. The Morgan fingerprint density at radius 2 is 1.83 bits per heavy atom. The predicted molar refractivity (Wildman–Crippen MR) is 79.3 cm³/mol. The first-order valence-corrected chi connectivity index (χ1v) is 7.77. The third-order valence-corrected chi connectivity index (χ3v) is 4.38. The zero-order valence-corrected chi connectivity index (χ0v) is 12.1. The van der Waals surface area contributed by atoms with Gasteiger partial charge in [-0.25, -0.2) is 0 Å². The maximum Gasteiger partial charge on any atom is 0.0324 e. The van der Waals surface area contributed by atoms with Crippen molar-refractivity contribution in [3.8, 4) is 0 Å².